The summed E-state index contributed by atoms with van der Waals surface area (Å²) in [5.74, 6) is 0. The van der Waals surface area contributed by atoms with Crippen LogP contribution in [-0.4, -0.2) is 21.6 Å². The van der Waals surface area contributed by atoms with Crippen molar-refractivity contribution in [3.05, 3.63) is 28.1 Å². The molecule has 0 amide bonds. The largest absolute Gasteiger partial charge is 0.310 e. The van der Waals surface area contributed by atoms with Crippen LogP contribution in [0.1, 0.15) is 19.5 Å². The summed E-state index contributed by atoms with van der Waals surface area (Å²) in [6, 6.07) is 3.44. The van der Waals surface area contributed by atoms with E-state index in [-0.39, 0.29) is 5.54 Å². The number of nitrogens with one attached hydrogen (secondary N) is 1. The lowest BCUT2D eigenvalue weighted by Gasteiger charge is -2.20. The summed E-state index contributed by atoms with van der Waals surface area (Å²) in [7, 11) is 1.88. The Morgan fingerprint density at radius 2 is 2.00 bits per heavy atom. The highest BCUT2D eigenvalue weighted by Crippen LogP contribution is 2.22. The van der Waals surface area contributed by atoms with Gasteiger partial charge in [0.15, 0.2) is 5.65 Å². The lowest BCUT2D eigenvalue weighted by atomic mass is 10.0. The topological polar surface area (TPSA) is 42.2 Å². The van der Waals surface area contributed by atoms with Crippen molar-refractivity contribution in [3.63, 3.8) is 0 Å². The minimum atomic E-state index is -0.233. The van der Waals surface area contributed by atoms with Crippen LogP contribution in [0.5, 0.6) is 0 Å². The minimum Gasteiger partial charge on any atom is -0.310 e. The highest BCUT2D eigenvalue weighted by molar-refractivity contribution is 6.33. The van der Waals surface area contributed by atoms with Crippen LogP contribution in [0.3, 0.4) is 0 Å². The second-order valence-corrected chi connectivity index (χ2v) is 4.85. The normalized spacial score (nSPS) is 12.3. The SMILES string of the molecule is CNC(C)(C)c1cc2nc(Cl)cc(Cl)n2n1. The molecule has 6 heteroatoms. The number of halogens is 2. The first-order valence-corrected chi connectivity index (χ1v) is 5.61. The van der Waals surface area contributed by atoms with Crippen LogP contribution in [0.15, 0.2) is 12.1 Å². The predicted octanol–water partition coefficient (Wildman–Crippen LogP) is 2.49. The smallest absolute Gasteiger partial charge is 0.158 e. The van der Waals surface area contributed by atoms with Gasteiger partial charge in [0.05, 0.1) is 11.2 Å². The van der Waals surface area contributed by atoms with E-state index in [0.717, 1.165) is 5.69 Å². The molecule has 86 valence electrons. The van der Waals surface area contributed by atoms with E-state index in [4.69, 9.17) is 23.2 Å². The zero-order chi connectivity index (χ0) is 11.9. The van der Waals surface area contributed by atoms with E-state index >= 15 is 0 Å². The molecular formula is C10H12Cl2N4. The summed E-state index contributed by atoms with van der Waals surface area (Å²) >= 11 is 11.9. The van der Waals surface area contributed by atoms with Gasteiger partial charge in [-0.1, -0.05) is 23.2 Å². The summed E-state index contributed by atoms with van der Waals surface area (Å²) in [6.07, 6.45) is 0. The number of hydrogen-bond donors (Lipinski definition) is 1. The van der Waals surface area contributed by atoms with Crippen molar-refractivity contribution in [1.29, 1.82) is 0 Å². The fourth-order valence-corrected chi connectivity index (χ4v) is 1.82. The van der Waals surface area contributed by atoms with Gasteiger partial charge in [0, 0.05) is 12.1 Å². The van der Waals surface area contributed by atoms with Gasteiger partial charge in [0.1, 0.15) is 10.3 Å². The molecule has 0 spiro atoms. The van der Waals surface area contributed by atoms with Crippen LogP contribution in [0.2, 0.25) is 10.3 Å². The molecule has 0 atom stereocenters. The molecule has 2 heterocycles. The first-order chi connectivity index (χ1) is 7.44. The molecule has 0 radical (unpaired) electrons. The van der Waals surface area contributed by atoms with E-state index in [0.29, 0.717) is 16.0 Å². The van der Waals surface area contributed by atoms with Crippen molar-refractivity contribution in [2.24, 2.45) is 0 Å². The van der Waals surface area contributed by atoms with Gasteiger partial charge in [-0.2, -0.15) is 5.10 Å². The number of aromatic nitrogens is 3. The van der Waals surface area contributed by atoms with Crippen LogP contribution in [0, 0.1) is 0 Å². The van der Waals surface area contributed by atoms with Gasteiger partial charge in [-0.25, -0.2) is 9.50 Å². The van der Waals surface area contributed by atoms with Crippen molar-refractivity contribution in [1.82, 2.24) is 19.9 Å². The third kappa shape index (κ3) is 1.88. The highest BCUT2D eigenvalue weighted by atomic mass is 35.5. The van der Waals surface area contributed by atoms with Crippen molar-refractivity contribution in [3.8, 4) is 0 Å². The van der Waals surface area contributed by atoms with E-state index in [1.807, 2.05) is 27.0 Å². The molecule has 0 aliphatic carbocycles. The van der Waals surface area contributed by atoms with Gasteiger partial charge in [-0.15, -0.1) is 0 Å². The molecule has 1 N–H and O–H groups in total. The molecule has 0 saturated heterocycles. The van der Waals surface area contributed by atoms with Crippen molar-refractivity contribution in [2.45, 2.75) is 19.4 Å². The van der Waals surface area contributed by atoms with E-state index in [9.17, 15) is 0 Å². The highest BCUT2D eigenvalue weighted by Gasteiger charge is 2.22. The van der Waals surface area contributed by atoms with Crippen molar-refractivity contribution >= 4 is 28.8 Å². The molecule has 0 aliphatic rings. The number of nitrogens with zero attached hydrogens (tertiary/aromatic N) is 3. The number of hydrogen-bond acceptors (Lipinski definition) is 3. The Hall–Kier alpha value is -0.840. The van der Waals surface area contributed by atoms with E-state index < -0.39 is 0 Å². The quantitative estimate of drug-likeness (QED) is 0.842. The fraction of sp³-hybridized carbons (Fsp3) is 0.400. The Balaban J connectivity index is 2.65. The molecule has 0 aliphatic heterocycles. The summed E-state index contributed by atoms with van der Waals surface area (Å²) in [6.45, 7) is 4.06. The van der Waals surface area contributed by atoms with Crippen LogP contribution in [0.25, 0.3) is 5.65 Å². The standard InChI is InChI=1S/C10H12Cl2N4/c1-10(2,13-3)6-4-9-14-7(11)5-8(12)16(9)15-6/h4-5,13H,1-3H3. The first-order valence-electron chi connectivity index (χ1n) is 4.85. The van der Waals surface area contributed by atoms with Crippen LogP contribution >= 0.6 is 23.2 Å². The monoisotopic (exact) mass is 258 g/mol. The summed E-state index contributed by atoms with van der Waals surface area (Å²) in [5.41, 5.74) is 1.28. The predicted molar refractivity (Wildman–Crippen MR) is 65.1 cm³/mol. The average Bonchev–Trinajstić information content (AvgIpc) is 2.62. The number of fused-ring (bicyclic) bond motifs is 1. The van der Waals surface area contributed by atoms with Gasteiger partial charge in [0.2, 0.25) is 0 Å². The van der Waals surface area contributed by atoms with Gasteiger partial charge in [0.25, 0.3) is 0 Å². The molecule has 0 saturated carbocycles. The first kappa shape index (κ1) is 11.6. The number of rotatable bonds is 2. The van der Waals surface area contributed by atoms with Crippen molar-refractivity contribution < 1.29 is 0 Å². The maximum atomic E-state index is 6.02. The fourth-order valence-electron chi connectivity index (χ4n) is 1.34. The molecule has 0 aromatic carbocycles. The molecule has 4 nitrogen and oxygen atoms in total. The van der Waals surface area contributed by atoms with Gasteiger partial charge >= 0.3 is 0 Å². The molecule has 0 bridgehead atoms. The Morgan fingerprint density at radius 1 is 1.31 bits per heavy atom. The average molecular weight is 259 g/mol. The Kier molecular flexibility index (Phi) is 2.82. The van der Waals surface area contributed by atoms with Crippen molar-refractivity contribution in [2.75, 3.05) is 7.05 Å². The molecule has 2 rings (SSSR count). The zero-order valence-electron chi connectivity index (χ0n) is 9.25. The summed E-state index contributed by atoms with van der Waals surface area (Å²) in [5, 5.41) is 8.39. The second kappa shape index (κ2) is 3.87. The minimum absolute atomic E-state index is 0.233. The van der Waals surface area contributed by atoms with Gasteiger partial charge in [-0.3, -0.25) is 0 Å². The molecule has 2 aromatic rings. The molecule has 0 unspecified atom stereocenters. The summed E-state index contributed by atoms with van der Waals surface area (Å²) < 4.78 is 1.57. The lowest BCUT2D eigenvalue weighted by molar-refractivity contribution is 0.429. The van der Waals surface area contributed by atoms with Gasteiger partial charge in [-0.05, 0) is 20.9 Å². The van der Waals surface area contributed by atoms with E-state index in [1.54, 1.807) is 10.6 Å². The molecular weight excluding hydrogens is 247 g/mol. The third-order valence-electron chi connectivity index (χ3n) is 2.62. The third-order valence-corrected chi connectivity index (χ3v) is 3.08. The van der Waals surface area contributed by atoms with E-state index in [1.165, 1.54) is 0 Å². The Morgan fingerprint density at radius 3 is 2.62 bits per heavy atom. The molecule has 16 heavy (non-hydrogen) atoms. The van der Waals surface area contributed by atoms with E-state index in [2.05, 4.69) is 15.4 Å². The van der Waals surface area contributed by atoms with Crippen LogP contribution < -0.4 is 5.32 Å². The maximum absolute atomic E-state index is 6.02. The van der Waals surface area contributed by atoms with Gasteiger partial charge < -0.3 is 5.32 Å². The lowest BCUT2D eigenvalue weighted by Crippen LogP contribution is -2.33. The Labute approximate surface area is 104 Å². The zero-order valence-corrected chi connectivity index (χ0v) is 10.8. The second-order valence-electron chi connectivity index (χ2n) is 4.08. The molecule has 0 fully saturated rings. The maximum Gasteiger partial charge on any atom is 0.158 e. The van der Waals surface area contributed by atoms with Crippen LogP contribution in [-0.2, 0) is 5.54 Å². The van der Waals surface area contributed by atoms with Crippen LogP contribution in [0.4, 0.5) is 0 Å². The Bertz CT molecular complexity index is 533. The summed E-state index contributed by atoms with van der Waals surface area (Å²) in [4.78, 5) is 4.16. The molecule has 2 aromatic heterocycles.